The van der Waals surface area contributed by atoms with Crippen LogP contribution >= 0.6 is 23.2 Å². The van der Waals surface area contributed by atoms with Gasteiger partial charge in [-0.15, -0.1) is 0 Å². The van der Waals surface area contributed by atoms with Crippen molar-refractivity contribution in [2.24, 2.45) is 0 Å². The van der Waals surface area contributed by atoms with E-state index in [0.29, 0.717) is 12.8 Å². The lowest BCUT2D eigenvalue weighted by atomic mass is 10.0. The van der Waals surface area contributed by atoms with E-state index in [9.17, 15) is 9.90 Å². The maximum atomic E-state index is 11.2. The molecule has 2 N–H and O–H groups in total. The molecule has 2 aromatic carbocycles. The molecule has 4 nitrogen and oxygen atoms in total. The number of carboxylic acids is 1. The molecule has 0 saturated carbocycles. The Morgan fingerprint density at radius 1 is 1.14 bits per heavy atom. The van der Waals surface area contributed by atoms with Gasteiger partial charge in [0.05, 0.1) is 21.7 Å². The second-order valence-corrected chi connectivity index (χ2v) is 14.3. The Morgan fingerprint density at radius 2 is 1.72 bits per heavy atom. The molecular formula is C22H28Cl2O4Si. The van der Waals surface area contributed by atoms with E-state index in [4.69, 9.17) is 32.7 Å². The van der Waals surface area contributed by atoms with Gasteiger partial charge in [0.1, 0.15) is 5.75 Å². The molecule has 158 valence electrons. The topological polar surface area (TPSA) is 66.8 Å². The third-order valence-corrected chi connectivity index (χ3v) is 10.4. The number of aromatic carboxylic acids is 1. The maximum absolute atomic E-state index is 11.2. The minimum atomic E-state index is -1.96. The van der Waals surface area contributed by atoms with Gasteiger partial charge < -0.3 is 14.6 Å². The van der Waals surface area contributed by atoms with Gasteiger partial charge in [-0.1, -0.05) is 56.1 Å². The summed E-state index contributed by atoms with van der Waals surface area (Å²) in [5.74, 6) is -0.393. The number of aryl methyl sites for hydroxylation is 1. The zero-order chi connectivity index (χ0) is 22.0. The summed E-state index contributed by atoms with van der Waals surface area (Å²) in [7, 11) is -1.96. The van der Waals surface area contributed by atoms with E-state index in [0.717, 1.165) is 16.9 Å². The summed E-state index contributed by atoms with van der Waals surface area (Å²) < 4.78 is 6.32. The quantitative estimate of drug-likeness (QED) is 0.454. The second-order valence-electron chi connectivity index (χ2n) is 8.73. The summed E-state index contributed by atoms with van der Waals surface area (Å²) in [5, 5.41) is 20.1. The SMILES string of the molecule is CC(C)(C)[Si](C)(C)Oc1cccc(C(O)CCc2cc(Cl)c(C(=O)O)c(Cl)c2)c1. The molecule has 0 aliphatic rings. The Morgan fingerprint density at radius 3 is 2.24 bits per heavy atom. The fraction of sp³-hybridized carbons (Fsp3) is 0.409. The van der Waals surface area contributed by atoms with Gasteiger partial charge in [0.2, 0.25) is 8.32 Å². The average molecular weight is 455 g/mol. The van der Waals surface area contributed by atoms with Crippen molar-refractivity contribution in [2.45, 2.75) is 57.8 Å². The minimum absolute atomic E-state index is 0.0856. The molecular weight excluding hydrogens is 427 g/mol. The smallest absolute Gasteiger partial charge is 0.338 e. The first kappa shape index (κ1) is 23.7. The van der Waals surface area contributed by atoms with E-state index in [1.807, 2.05) is 24.3 Å². The lowest BCUT2D eigenvalue weighted by Crippen LogP contribution is -2.43. The van der Waals surface area contributed by atoms with Crippen LogP contribution in [0, 0.1) is 0 Å². The largest absolute Gasteiger partial charge is 0.543 e. The van der Waals surface area contributed by atoms with Crippen molar-refractivity contribution in [1.29, 1.82) is 0 Å². The van der Waals surface area contributed by atoms with E-state index in [1.165, 1.54) is 0 Å². The number of carboxylic acid groups (broad SMARTS) is 1. The van der Waals surface area contributed by atoms with Crippen LogP contribution in [0.1, 0.15) is 54.8 Å². The number of hydrogen-bond donors (Lipinski definition) is 2. The van der Waals surface area contributed by atoms with E-state index >= 15 is 0 Å². The Kier molecular flexibility index (Phi) is 7.44. The molecule has 0 aliphatic heterocycles. The highest BCUT2D eigenvalue weighted by molar-refractivity contribution is 6.74. The van der Waals surface area contributed by atoms with Gasteiger partial charge in [0, 0.05) is 0 Å². The third kappa shape index (κ3) is 5.98. The molecule has 1 unspecified atom stereocenters. The van der Waals surface area contributed by atoms with E-state index in [1.54, 1.807) is 12.1 Å². The lowest BCUT2D eigenvalue weighted by molar-refractivity contribution is 0.0697. The van der Waals surface area contributed by atoms with Crippen molar-refractivity contribution in [2.75, 3.05) is 0 Å². The minimum Gasteiger partial charge on any atom is -0.543 e. The van der Waals surface area contributed by atoms with E-state index < -0.39 is 20.4 Å². The van der Waals surface area contributed by atoms with Crippen LogP contribution in [-0.4, -0.2) is 24.5 Å². The van der Waals surface area contributed by atoms with Crippen LogP contribution in [0.5, 0.6) is 5.75 Å². The molecule has 0 radical (unpaired) electrons. The van der Waals surface area contributed by atoms with Crippen LogP contribution in [0.25, 0.3) is 0 Å². The monoisotopic (exact) mass is 454 g/mol. The first-order valence-electron chi connectivity index (χ1n) is 9.50. The van der Waals surface area contributed by atoms with E-state index in [-0.39, 0.29) is 20.6 Å². The van der Waals surface area contributed by atoms with Crippen molar-refractivity contribution >= 4 is 37.5 Å². The van der Waals surface area contributed by atoms with Crippen LogP contribution in [0.2, 0.25) is 28.2 Å². The summed E-state index contributed by atoms with van der Waals surface area (Å²) in [6, 6.07) is 10.7. The number of hydrogen-bond acceptors (Lipinski definition) is 3. The summed E-state index contributed by atoms with van der Waals surface area (Å²) >= 11 is 12.1. The predicted octanol–water partition coefficient (Wildman–Crippen LogP) is 6.74. The molecule has 29 heavy (non-hydrogen) atoms. The normalized spacial score (nSPS) is 13.2. The highest BCUT2D eigenvalue weighted by Crippen LogP contribution is 2.38. The summed E-state index contributed by atoms with van der Waals surface area (Å²) in [4.78, 5) is 11.2. The molecule has 0 heterocycles. The van der Waals surface area contributed by atoms with Crippen LogP contribution in [0.15, 0.2) is 36.4 Å². The number of aliphatic hydroxyl groups is 1. The van der Waals surface area contributed by atoms with Gasteiger partial charge >= 0.3 is 5.97 Å². The van der Waals surface area contributed by atoms with Gasteiger partial charge in [-0.2, -0.15) is 0 Å². The third-order valence-electron chi connectivity index (χ3n) is 5.44. The van der Waals surface area contributed by atoms with Crippen molar-refractivity contribution < 1.29 is 19.4 Å². The molecule has 0 bridgehead atoms. The number of halogens is 2. The Bertz CT molecular complexity index is 868. The van der Waals surface area contributed by atoms with Gasteiger partial charge in [0.15, 0.2) is 0 Å². The molecule has 0 amide bonds. The zero-order valence-corrected chi connectivity index (χ0v) is 19.9. The second kappa shape index (κ2) is 9.09. The van der Waals surface area contributed by atoms with Gasteiger partial charge in [-0.25, -0.2) is 4.79 Å². The number of carbonyl (C=O) groups is 1. The lowest BCUT2D eigenvalue weighted by Gasteiger charge is -2.36. The molecule has 0 spiro atoms. The van der Waals surface area contributed by atoms with Gasteiger partial charge in [-0.3, -0.25) is 0 Å². The molecule has 2 aromatic rings. The van der Waals surface area contributed by atoms with Gasteiger partial charge in [0.25, 0.3) is 0 Å². The standard InChI is InChI=1S/C22H28Cl2O4Si/c1-22(2,3)29(4,5)28-16-8-6-7-15(13-16)19(25)10-9-14-11-17(23)20(21(26)27)18(24)12-14/h6-8,11-13,19,25H,9-10H2,1-5H3,(H,26,27). The fourth-order valence-electron chi connectivity index (χ4n) is 2.68. The van der Waals surface area contributed by atoms with Crippen molar-refractivity contribution in [3.63, 3.8) is 0 Å². The van der Waals surface area contributed by atoms with Crippen LogP contribution in [0.3, 0.4) is 0 Å². The Hall–Kier alpha value is -1.53. The number of benzene rings is 2. The molecule has 2 rings (SSSR count). The Labute approximate surface area is 183 Å². The maximum Gasteiger partial charge on any atom is 0.338 e. The molecule has 1 atom stereocenters. The predicted molar refractivity (Wildman–Crippen MR) is 121 cm³/mol. The highest BCUT2D eigenvalue weighted by atomic mass is 35.5. The number of rotatable bonds is 7. The zero-order valence-electron chi connectivity index (χ0n) is 17.4. The molecule has 0 aromatic heterocycles. The molecule has 7 heteroatoms. The number of aliphatic hydroxyl groups excluding tert-OH is 1. The average Bonchev–Trinajstić information content (AvgIpc) is 2.57. The summed E-state index contributed by atoms with van der Waals surface area (Å²) in [6.07, 6.45) is 0.269. The van der Waals surface area contributed by atoms with Crippen LogP contribution in [0.4, 0.5) is 0 Å². The Balaban J connectivity index is 2.10. The first-order chi connectivity index (χ1) is 13.3. The van der Waals surface area contributed by atoms with E-state index in [2.05, 4.69) is 33.9 Å². The van der Waals surface area contributed by atoms with Crippen molar-refractivity contribution in [3.05, 3.63) is 63.1 Å². The van der Waals surface area contributed by atoms with Crippen molar-refractivity contribution in [3.8, 4) is 5.75 Å². The van der Waals surface area contributed by atoms with Crippen molar-refractivity contribution in [1.82, 2.24) is 0 Å². The molecule has 0 aliphatic carbocycles. The summed E-state index contributed by atoms with van der Waals surface area (Å²) in [5.41, 5.74) is 1.45. The molecule has 0 fully saturated rings. The molecule has 0 saturated heterocycles. The van der Waals surface area contributed by atoms with Gasteiger partial charge in [-0.05, 0) is 66.4 Å². The fourth-order valence-corrected chi connectivity index (χ4v) is 4.39. The highest BCUT2D eigenvalue weighted by Gasteiger charge is 2.39. The van der Waals surface area contributed by atoms with Crippen LogP contribution in [-0.2, 0) is 6.42 Å². The van der Waals surface area contributed by atoms with Crippen LogP contribution < -0.4 is 4.43 Å². The summed E-state index contributed by atoms with van der Waals surface area (Å²) in [6.45, 7) is 10.9. The first-order valence-corrected chi connectivity index (χ1v) is 13.2.